The van der Waals surface area contributed by atoms with Crippen molar-refractivity contribution in [3.05, 3.63) is 46.5 Å². The molecule has 3 heterocycles. The summed E-state index contributed by atoms with van der Waals surface area (Å²) in [6, 6.07) is 1.88. The first-order chi connectivity index (χ1) is 21.5. The lowest BCUT2D eigenvalue weighted by molar-refractivity contribution is -0.339. The van der Waals surface area contributed by atoms with Gasteiger partial charge in [0.15, 0.2) is 41.0 Å². The molecule has 7 atom stereocenters. The van der Waals surface area contributed by atoms with Gasteiger partial charge >= 0.3 is 23.7 Å². The topological polar surface area (TPSA) is 317 Å². The van der Waals surface area contributed by atoms with Gasteiger partial charge in [-0.2, -0.15) is 0 Å². The molecule has 6 rings (SSSR count). The van der Waals surface area contributed by atoms with Crippen molar-refractivity contribution in [2.45, 2.75) is 48.2 Å². The molecular formula is C27H22O19. The summed E-state index contributed by atoms with van der Waals surface area (Å²) in [6.45, 7) is -1.06. The Balaban J connectivity index is 1.49. The summed E-state index contributed by atoms with van der Waals surface area (Å²) in [5, 5.41) is 104. The van der Waals surface area contributed by atoms with Crippen molar-refractivity contribution in [1.82, 2.24) is 0 Å². The molecule has 0 aromatic heterocycles. The molecule has 19 heteroatoms. The molecule has 1 saturated heterocycles. The van der Waals surface area contributed by atoms with Crippen LogP contribution in [0, 0.1) is 0 Å². The second-order valence-electron chi connectivity index (χ2n) is 10.6. The fraction of sp³-hybridized carbons (Fsp3) is 0.333. The molecule has 10 N–H and O–H groups in total. The molecule has 2 aromatic rings. The average Bonchev–Trinajstić information content (AvgIpc) is 2.99. The van der Waals surface area contributed by atoms with Crippen LogP contribution in [-0.2, 0) is 28.5 Å². The van der Waals surface area contributed by atoms with Gasteiger partial charge in [0.05, 0.1) is 29.2 Å². The molecule has 19 nitrogen and oxygen atoms in total. The molecule has 2 aromatic carbocycles. The number of hydrogen-bond acceptors (Lipinski definition) is 19. The molecule has 0 spiro atoms. The van der Waals surface area contributed by atoms with E-state index in [1.54, 1.807) is 0 Å². The third-order valence-corrected chi connectivity index (χ3v) is 7.91. The van der Waals surface area contributed by atoms with Gasteiger partial charge in [0.25, 0.3) is 5.79 Å². The van der Waals surface area contributed by atoms with Crippen LogP contribution in [0.2, 0.25) is 0 Å². The van der Waals surface area contributed by atoms with Gasteiger partial charge in [-0.1, -0.05) is 0 Å². The normalized spacial score (nSPS) is 31.0. The molecule has 1 aliphatic carbocycles. The maximum absolute atomic E-state index is 13.6. The first-order valence-corrected chi connectivity index (χ1v) is 13.0. The highest BCUT2D eigenvalue weighted by Crippen LogP contribution is 2.58. The van der Waals surface area contributed by atoms with Crippen molar-refractivity contribution < 1.29 is 93.9 Å². The Morgan fingerprint density at radius 1 is 0.870 bits per heavy atom. The number of carbonyl (C=O) groups is 4. The van der Waals surface area contributed by atoms with E-state index in [-0.39, 0.29) is 0 Å². The number of aliphatic hydroxyl groups excluding tert-OH is 2. The summed E-state index contributed by atoms with van der Waals surface area (Å²) in [5.74, 6) is -22.1. The zero-order chi connectivity index (χ0) is 33.6. The van der Waals surface area contributed by atoms with Gasteiger partial charge in [-0.15, -0.1) is 0 Å². The molecule has 1 fully saturated rings. The molecule has 0 radical (unpaired) electrons. The molecule has 244 valence electrons. The second-order valence-corrected chi connectivity index (χ2v) is 10.6. The lowest BCUT2D eigenvalue weighted by Crippen LogP contribution is -2.70. The Bertz CT molecular complexity index is 1720. The molecule has 46 heavy (non-hydrogen) atoms. The molecular weight excluding hydrogens is 628 g/mol. The molecule has 0 amide bonds. The minimum absolute atomic E-state index is 0.395. The van der Waals surface area contributed by atoms with Crippen LogP contribution in [0.15, 0.2) is 29.8 Å². The van der Waals surface area contributed by atoms with Gasteiger partial charge in [0, 0.05) is 5.56 Å². The largest absolute Gasteiger partial charge is 0.504 e. The summed E-state index contributed by atoms with van der Waals surface area (Å²) < 4.78 is 26.3. The number of aliphatic hydroxyl groups is 5. The van der Waals surface area contributed by atoms with Crippen LogP contribution < -0.4 is 4.74 Å². The Morgan fingerprint density at radius 3 is 2.11 bits per heavy atom. The number of fused-ring (bicyclic) bond motifs is 3. The summed E-state index contributed by atoms with van der Waals surface area (Å²) in [6.07, 6.45) is -9.88. The quantitative estimate of drug-likeness (QED) is 0.0683. The zero-order valence-electron chi connectivity index (χ0n) is 22.6. The van der Waals surface area contributed by atoms with E-state index >= 15 is 0 Å². The van der Waals surface area contributed by atoms with Crippen molar-refractivity contribution >= 4 is 23.7 Å². The first-order valence-electron chi connectivity index (χ1n) is 13.0. The van der Waals surface area contributed by atoms with Crippen LogP contribution in [0.5, 0.6) is 34.5 Å². The van der Waals surface area contributed by atoms with Crippen molar-refractivity contribution in [2.75, 3.05) is 6.61 Å². The van der Waals surface area contributed by atoms with Gasteiger partial charge in [-0.3, -0.25) is 4.79 Å². The molecule has 3 aliphatic heterocycles. The van der Waals surface area contributed by atoms with Crippen LogP contribution in [0.3, 0.4) is 0 Å². The fourth-order valence-electron chi connectivity index (χ4n) is 5.61. The Kier molecular flexibility index (Phi) is 6.82. The summed E-state index contributed by atoms with van der Waals surface area (Å²) >= 11 is 0. The zero-order valence-corrected chi connectivity index (χ0v) is 22.6. The predicted molar refractivity (Wildman–Crippen MR) is 136 cm³/mol. The number of rotatable bonds is 3. The van der Waals surface area contributed by atoms with Crippen LogP contribution in [0.25, 0.3) is 0 Å². The predicted octanol–water partition coefficient (Wildman–Crippen LogP) is -3.04. The second kappa shape index (κ2) is 10.2. The number of ether oxygens (including phenoxy) is 5. The summed E-state index contributed by atoms with van der Waals surface area (Å²) in [4.78, 5) is 52.9. The van der Waals surface area contributed by atoms with Crippen LogP contribution >= 0.6 is 0 Å². The van der Waals surface area contributed by atoms with Gasteiger partial charge in [0.1, 0.15) is 12.2 Å². The number of ketones is 1. The third kappa shape index (κ3) is 4.21. The number of esters is 3. The third-order valence-electron chi connectivity index (χ3n) is 7.91. The number of aromatic hydroxyl groups is 5. The van der Waals surface area contributed by atoms with E-state index in [0.29, 0.717) is 24.3 Å². The monoisotopic (exact) mass is 650 g/mol. The van der Waals surface area contributed by atoms with Crippen molar-refractivity contribution in [3.63, 3.8) is 0 Å². The van der Waals surface area contributed by atoms with E-state index in [1.165, 1.54) is 0 Å². The number of hydrogen-bond donors (Lipinski definition) is 10. The van der Waals surface area contributed by atoms with E-state index in [2.05, 4.69) is 0 Å². The highest BCUT2D eigenvalue weighted by atomic mass is 16.7. The number of phenolic OH excluding ortho intramolecular Hbond substituents is 5. The van der Waals surface area contributed by atoms with Crippen LogP contribution in [-0.4, -0.2) is 124 Å². The van der Waals surface area contributed by atoms with Gasteiger partial charge in [-0.05, 0) is 24.3 Å². The maximum Gasteiger partial charge on any atom is 0.340 e. The van der Waals surface area contributed by atoms with Gasteiger partial charge in [0.2, 0.25) is 17.8 Å². The fourth-order valence-corrected chi connectivity index (χ4v) is 5.61. The van der Waals surface area contributed by atoms with E-state index in [4.69, 9.17) is 23.7 Å². The maximum atomic E-state index is 13.6. The van der Waals surface area contributed by atoms with Gasteiger partial charge < -0.3 is 74.7 Å². The van der Waals surface area contributed by atoms with E-state index in [9.17, 15) is 70.2 Å². The number of benzene rings is 2. The highest BCUT2D eigenvalue weighted by Gasteiger charge is 2.70. The summed E-state index contributed by atoms with van der Waals surface area (Å²) in [7, 11) is 0. The molecule has 0 saturated carbocycles. The smallest absolute Gasteiger partial charge is 0.340 e. The Hall–Kier alpha value is -5.18. The first kappa shape index (κ1) is 30.8. The van der Waals surface area contributed by atoms with Crippen molar-refractivity contribution in [2.24, 2.45) is 0 Å². The Labute approximate surface area is 253 Å². The standard InChI is InChI=1S/C27H22O19/c28-5-12-19-18(35)21(25(42-12)45-22(36)6-1-9(29)16(33)10(30)2-6)44-23(37)7-3-11(31)17(34)20-14(7)15-8(24(38)43-19)4-13(32)27(41,46-20)26(15,39)40/h1-4,12,15,18-19,21,25,28-31,33-35,39-41H,5H2/t12-,15+,18+,19-,21-,25+,27+/m1/s1. The van der Waals surface area contributed by atoms with Gasteiger partial charge in [-0.25, -0.2) is 14.4 Å². The molecule has 4 bridgehead atoms. The average molecular weight is 650 g/mol. The summed E-state index contributed by atoms with van der Waals surface area (Å²) in [5.41, 5.74) is -3.23. The minimum atomic E-state index is -3.74. The van der Waals surface area contributed by atoms with E-state index < -0.39 is 135 Å². The number of carbonyl (C=O) groups excluding carboxylic acids is 4. The lowest BCUT2D eigenvalue weighted by Gasteiger charge is -2.49. The highest BCUT2D eigenvalue weighted by molar-refractivity contribution is 6.08. The van der Waals surface area contributed by atoms with Crippen molar-refractivity contribution in [1.29, 1.82) is 0 Å². The minimum Gasteiger partial charge on any atom is -0.504 e. The Morgan fingerprint density at radius 2 is 1.48 bits per heavy atom. The molecule has 0 unspecified atom stereocenters. The van der Waals surface area contributed by atoms with Crippen molar-refractivity contribution in [3.8, 4) is 34.5 Å². The van der Waals surface area contributed by atoms with Crippen LogP contribution in [0.1, 0.15) is 32.2 Å². The lowest BCUT2D eigenvalue weighted by atomic mass is 9.70. The van der Waals surface area contributed by atoms with E-state index in [0.717, 1.165) is 0 Å². The molecule has 4 aliphatic rings. The van der Waals surface area contributed by atoms with Crippen LogP contribution in [0.4, 0.5) is 0 Å². The van der Waals surface area contributed by atoms with E-state index in [1.807, 2.05) is 0 Å². The number of phenols is 5. The SMILES string of the molecule is O=C1O[C@H]2[C@H](O)[C@@H](OC(=O)c3cc(O)c(O)c4c3[C@@H]3C1=CC(=O)[C@](O)(O4)C3(O)O)[C@H](OC(=O)c1cc(O)c(O)c(O)c1)O[C@@H]2CO.